The lowest BCUT2D eigenvalue weighted by atomic mass is 10.1. The summed E-state index contributed by atoms with van der Waals surface area (Å²) < 4.78 is 0. The van der Waals surface area contributed by atoms with Crippen LogP contribution in [0.1, 0.15) is 23.3 Å². The van der Waals surface area contributed by atoms with Gasteiger partial charge in [0.25, 0.3) is 0 Å². The van der Waals surface area contributed by atoms with Crippen molar-refractivity contribution in [1.82, 2.24) is 0 Å². The SMILES string of the molecule is CN(CC(O)c1ccccc1)c1ccccc1.CN(c1ccccc1)C(CO)c1ccccc1. The van der Waals surface area contributed by atoms with Crippen molar-refractivity contribution >= 4 is 11.4 Å². The molecule has 2 atom stereocenters. The predicted octanol–water partition coefficient (Wildman–Crippen LogP) is 5.71. The van der Waals surface area contributed by atoms with E-state index in [1.807, 2.05) is 135 Å². The summed E-state index contributed by atoms with van der Waals surface area (Å²) in [7, 11) is 3.99. The van der Waals surface area contributed by atoms with Crippen molar-refractivity contribution in [1.29, 1.82) is 0 Å². The largest absolute Gasteiger partial charge is 0.394 e. The Bertz CT molecular complexity index is 1020. The van der Waals surface area contributed by atoms with Crippen LogP contribution in [0.4, 0.5) is 11.4 Å². The van der Waals surface area contributed by atoms with Crippen LogP contribution in [0.2, 0.25) is 0 Å². The summed E-state index contributed by atoms with van der Waals surface area (Å²) in [6.45, 7) is 0.698. The minimum absolute atomic E-state index is 0.00130. The van der Waals surface area contributed by atoms with Crippen LogP contribution in [0.25, 0.3) is 0 Å². The van der Waals surface area contributed by atoms with Crippen LogP contribution >= 0.6 is 0 Å². The van der Waals surface area contributed by atoms with Gasteiger partial charge in [0.2, 0.25) is 0 Å². The Morgan fingerprint density at radius 1 is 0.588 bits per heavy atom. The normalized spacial score (nSPS) is 12.1. The van der Waals surface area contributed by atoms with Gasteiger partial charge in [0.15, 0.2) is 0 Å². The zero-order chi connectivity index (χ0) is 24.2. The van der Waals surface area contributed by atoms with E-state index in [1.54, 1.807) is 0 Å². The van der Waals surface area contributed by atoms with Crippen LogP contribution in [0.5, 0.6) is 0 Å². The highest BCUT2D eigenvalue weighted by molar-refractivity contribution is 5.48. The first-order valence-corrected chi connectivity index (χ1v) is 11.5. The summed E-state index contributed by atoms with van der Waals surface area (Å²) in [5.41, 5.74) is 4.30. The Morgan fingerprint density at radius 3 is 1.47 bits per heavy atom. The quantitative estimate of drug-likeness (QED) is 0.358. The third kappa shape index (κ3) is 7.20. The lowest BCUT2D eigenvalue weighted by molar-refractivity contribution is 0.185. The van der Waals surface area contributed by atoms with Crippen molar-refractivity contribution in [2.75, 3.05) is 37.0 Å². The lowest BCUT2D eigenvalue weighted by Gasteiger charge is -2.29. The fourth-order valence-electron chi connectivity index (χ4n) is 3.80. The van der Waals surface area contributed by atoms with E-state index >= 15 is 0 Å². The van der Waals surface area contributed by atoms with Crippen molar-refractivity contribution in [2.45, 2.75) is 12.1 Å². The smallest absolute Gasteiger partial charge is 0.0964 e. The maximum absolute atomic E-state index is 10.1. The van der Waals surface area contributed by atoms with E-state index in [-0.39, 0.29) is 12.6 Å². The number of rotatable bonds is 8. The molecule has 4 nitrogen and oxygen atoms in total. The van der Waals surface area contributed by atoms with E-state index in [9.17, 15) is 10.2 Å². The third-order valence-corrected chi connectivity index (χ3v) is 5.82. The molecule has 4 aromatic rings. The Kier molecular flexibility index (Phi) is 9.71. The van der Waals surface area contributed by atoms with Gasteiger partial charge in [0, 0.05) is 32.0 Å². The molecule has 34 heavy (non-hydrogen) atoms. The van der Waals surface area contributed by atoms with Crippen molar-refractivity contribution in [3.63, 3.8) is 0 Å². The third-order valence-electron chi connectivity index (χ3n) is 5.82. The number of aliphatic hydroxyl groups excluding tert-OH is 2. The van der Waals surface area contributed by atoms with Crippen molar-refractivity contribution in [2.24, 2.45) is 0 Å². The first kappa shape index (κ1) is 25.0. The van der Waals surface area contributed by atoms with Crippen LogP contribution in [-0.4, -0.2) is 37.5 Å². The van der Waals surface area contributed by atoms with Gasteiger partial charge >= 0.3 is 0 Å². The van der Waals surface area contributed by atoms with Gasteiger partial charge in [-0.3, -0.25) is 0 Å². The molecule has 2 unspecified atom stereocenters. The van der Waals surface area contributed by atoms with E-state index < -0.39 is 6.10 Å². The standard InChI is InChI=1S/2C15H17NO/c1-16(14-10-6-3-7-11-14)15(12-17)13-8-4-2-5-9-13;1-16(14-10-6-3-7-11-14)12-15(17)13-8-4-2-5-9-13/h2*2-11,15,17H,12H2,1H3. The molecule has 0 aliphatic rings. The highest BCUT2D eigenvalue weighted by Gasteiger charge is 2.15. The summed E-state index contributed by atoms with van der Waals surface area (Å²) in [5, 5.41) is 19.7. The summed E-state index contributed by atoms with van der Waals surface area (Å²) in [6.07, 6.45) is -0.457. The van der Waals surface area contributed by atoms with E-state index in [1.165, 1.54) is 0 Å². The summed E-state index contributed by atoms with van der Waals surface area (Å²) in [5.74, 6) is 0. The fraction of sp³-hybridized carbons (Fsp3) is 0.200. The summed E-state index contributed by atoms with van der Waals surface area (Å²) in [6, 6.07) is 40.0. The predicted molar refractivity (Wildman–Crippen MR) is 142 cm³/mol. The summed E-state index contributed by atoms with van der Waals surface area (Å²) in [4.78, 5) is 4.15. The second kappa shape index (κ2) is 13.2. The van der Waals surface area contributed by atoms with E-state index in [0.717, 1.165) is 22.5 Å². The van der Waals surface area contributed by atoms with E-state index in [4.69, 9.17) is 0 Å². The lowest BCUT2D eigenvalue weighted by Crippen LogP contribution is -2.26. The first-order valence-electron chi connectivity index (χ1n) is 11.5. The zero-order valence-electron chi connectivity index (χ0n) is 19.9. The molecule has 4 heteroatoms. The van der Waals surface area contributed by atoms with Gasteiger partial charge in [-0.2, -0.15) is 0 Å². The van der Waals surface area contributed by atoms with Crippen LogP contribution in [0, 0.1) is 0 Å². The van der Waals surface area contributed by atoms with E-state index in [0.29, 0.717) is 6.54 Å². The van der Waals surface area contributed by atoms with Crippen molar-refractivity contribution in [3.8, 4) is 0 Å². The van der Waals surface area contributed by atoms with Crippen LogP contribution in [0.3, 0.4) is 0 Å². The van der Waals surface area contributed by atoms with Crippen LogP contribution < -0.4 is 9.80 Å². The number of para-hydroxylation sites is 2. The molecule has 0 aromatic heterocycles. The maximum atomic E-state index is 10.1. The number of likely N-dealkylation sites (N-methyl/N-ethyl adjacent to an activating group) is 2. The second-order valence-corrected chi connectivity index (χ2v) is 8.20. The molecule has 0 aliphatic heterocycles. The molecule has 176 valence electrons. The molecule has 0 saturated carbocycles. The van der Waals surface area contributed by atoms with Gasteiger partial charge in [-0.1, -0.05) is 97.1 Å². The molecular formula is C30H34N2O2. The van der Waals surface area contributed by atoms with Gasteiger partial charge in [-0.05, 0) is 35.4 Å². The van der Waals surface area contributed by atoms with Crippen molar-refractivity contribution in [3.05, 3.63) is 132 Å². The van der Waals surface area contributed by atoms with Crippen LogP contribution in [-0.2, 0) is 0 Å². The first-order chi connectivity index (χ1) is 16.6. The topological polar surface area (TPSA) is 46.9 Å². The second-order valence-electron chi connectivity index (χ2n) is 8.20. The van der Waals surface area contributed by atoms with Gasteiger partial charge in [0.1, 0.15) is 0 Å². The molecule has 2 N–H and O–H groups in total. The summed E-state index contributed by atoms with van der Waals surface area (Å²) >= 11 is 0. The van der Waals surface area contributed by atoms with Crippen LogP contribution in [0.15, 0.2) is 121 Å². The number of aliphatic hydroxyl groups is 2. The highest BCUT2D eigenvalue weighted by Crippen LogP contribution is 2.24. The average Bonchev–Trinajstić information content (AvgIpc) is 2.91. The monoisotopic (exact) mass is 454 g/mol. The molecule has 0 amide bonds. The molecule has 0 saturated heterocycles. The maximum Gasteiger partial charge on any atom is 0.0964 e. The molecule has 0 fully saturated rings. The number of nitrogens with zero attached hydrogens (tertiary/aromatic N) is 2. The van der Waals surface area contributed by atoms with E-state index in [2.05, 4.69) is 9.80 Å². The molecular weight excluding hydrogens is 420 g/mol. The molecule has 0 bridgehead atoms. The minimum Gasteiger partial charge on any atom is -0.394 e. The van der Waals surface area contributed by atoms with Crippen molar-refractivity contribution < 1.29 is 10.2 Å². The Labute approximate surface area is 203 Å². The average molecular weight is 455 g/mol. The van der Waals surface area contributed by atoms with Gasteiger partial charge in [-0.25, -0.2) is 0 Å². The number of hydrogen-bond acceptors (Lipinski definition) is 4. The highest BCUT2D eigenvalue weighted by atomic mass is 16.3. The molecule has 0 heterocycles. The molecule has 4 aromatic carbocycles. The number of hydrogen-bond donors (Lipinski definition) is 2. The minimum atomic E-state index is -0.457. The molecule has 4 rings (SSSR count). The zero-order valence-corrected chi connectivity index (χ0v) is 19.9. The van der Waals surface area contributed by atoms with Gasteiger partial charge in [0.05, 0.1) is 18.8 Å². The Morgan fingerprint density at radius 2 is 1.00 bits per heavy atom. The Balaban J connectivity index is 0.000000191. The molecule has 0 aliphatic carbocycles. The Hall–Kier alpha value is -3.60. The number of benzene rings is 4. The molecule has 0 spiro atoms. The van der Waals surface area contributed by atoms with Gasteiger partial charge < -0.3 is 20.0 Å². The van der Waals surface area contributed by atoms with Gasteiger partial charge in [-0.15, -0.1) is 0 Å². The fourth-order valence-corrected chi connectivity index (χ4v) is 3.80. The molecule has 0 radical (unpaired) electrons. The number of anilines is 2.